The van der Waals surface area contributed by atoms with Crippen molar-refractivity contribution < 1.29 is 4.55 Å². The van der Waals surface area contributed by atoms with Crippen LogP contribution in [-0.4, -0.2) is 23.9 Å². The van der Waals surface area contributed by atoms with E-state index in [-0.39, 0.29) is 10.8 Å². The number of hydrogen-bond acceptors (Lipinski definition) is 4. The van der Waals surface area contributed by atoms with E-state index in [4.69, 9.17) is 5.10 Å². The Morgan fingerprint density at radius 2 is 1.92 bits per heavy atom. The lowest BCUT2D eigenvalue weighted by molar-refractivity contribution is 0.531. The molecule has 6 heteroatoms. The van der Waals surface area contributed by atoms with Gasteiger partial charge in [-0.15, -0.1) is 4.72 Å². The lowest BCUT2D eigenvalue weighted by Crippen LogP contribution is -2.40. The highest BCUT2D eigenvalue weighted by Gasteiger charge is 2.29. The van der Waals surface area contributed by atoms with Crippen molar-refractivity contribution in [3.8, 4) is 11.3 Å². The van der Waals surface area contributed by atoms with Crippen LogP contribution in [0, 0.1) is 0 Å². The number of imidazole rings is 1. The van der Waals surface area contributed by atoms with E-state index in [1.54, 1.807) is 10.7 Å². The van der Waals surface area contributed by atoms with E-state index >= 15 is 0 Å². The highest BCUT2D eigenvalue weighted by molar-refractivity contribution is 7.90. The average molecular weight is 342 g/mol. The number of nitrogens with zero attached hydrogens (tertiary/aromatic N) is 3. The van der Waals surface area contributed by atoms with Gasteiger partial charge in [0.05, 0.1) is 11.7 Å². The molecule has 2 aromatic heterocycles. The SMILES string of the molecule is C[C@@H](N[S@@+]([O-])C(C)(C)C)c1cc2nccn2nc1-c1ccccc1. The summed E-state index contributed by atoms with van der Waals surface area (Å²) in [5, 5.41) is 4.71. The minimum Gasteiger partial charge on any atom is -0.598 e. The molecule has 0 aliphatic heterocycles. The summed E-state index contributed by atoms with van der Waals surface area (Å²) in [6.07, 6.45) is 3.56. The van der Waals surface area contributed by atoms with Gasteiger partial charge in [-0.1, -0.05) is 30.3 Å². The monoisotopic (exact) mass is 342 g/mol. The van der Waals surface area contributed by atoms with Crippen LogP contribution in [0.1, 0.15) is 39.3 Å². The predicted octanol–water partition coefficient (Wildman–Crippen LogP) is 3.51. The molecule has 126 valence electrons. The first-order chi connectivity index (χ1) is 11.4. The Bertz CT molecular complexity index is 826. The summed E-state index contributed by atoms with van der Waals surface area (Å²) >= 11 is -1.16. The smallest absolute Gasteiger partial charge is 0.153 e. The van der Waals surface area contributed by atoms with Gasteiger partial charge < -0.3 is 4.55 Å². The van der Waals surface area contributed by atoms with Crippen LogP contribution in [0.4, 0.5) is 0 Å². The quantitative estimate of drug-likeness (QED) is 0.737. The fourth-order valence-electron chi connectivity index (χ4n) is 2.42. The minimum absolute atomic E-state index is 0.116. The molecule has 0 aliphatic rings. The third-order valence-corrected chi connectivity index (χ3v) is 5.45. The fraction of sp³-hybridized carbons (Fsp3) is 0.333. The molecular formula is C18H22N4OS. The van der Waals surface area contributed by atoms with E-state index in [0.29, 0.717) is 0 Å². The zero-order valence-corrected chi connectivity index (χ0v) is 15.2. The Morgan fingerprint density at radius 3 is 2.58 bits per heavy atom. The van der Waals surface area contributed by atoms with Crippen molar-refractivity contribution in [2.75, 3.05) is 0 Å². The molecule has 24 heavy (non-hydrogen) atoms. The molecule has 0 aliphatic carbocycles. The molecule has 2 atom stereocenters. The van der Waals surface area contributed by atoms with Crippen molar-refractivity contribution >= 4 is 17.0 Å². The average Bonchev–Trinajstić information content (AvgIpc) is 3.01. The molecule has 0 saturated heterocycles. The van der Waals surface area contributed by atoms with Crippen molar-refractivity contribution in [1.29, 1.82) is 0 Å². The zero-order valence-electron chi connectivity index (χ0n) is 14.4. The molecule has 3 rings (SSSR count). The second-order valence-corrected chi connectivity index (χ2v) is 8.76. The van der Waals surface area contributed by atoms with Gasteiger partial charge in [-0.3, -0.25) is 0 Å². The molecule has 5 nitrogen and oxygen atoms in total. The number of aromatic nitrogens is 3. The predicted molar refractivity (Wildman–Crippen MR) is 97.9 cm³/mol. The summed E-state index contributed by atoms with van der Waals surface area (Å²) in [5.41, 5.74) is 3.66. The third-order valence-electron chi connectivity index (χ3n) is 3.77. The van der Waals surface area contributed by atoms with E-state index in [2.05, 4.69) is 9.71 Å². The number of benzene rings is 1. The maximum absolute atomic E-state index is 12.5. The maximum Gasteiger partial charge on any atom is 0.153 e. The number of hydrogen-bond donors (Lipinski definition) is 1. The van der Waals surface area contributed by atoms with Gasteiger partial charge in [-0.25, -0.2) is 9.50 Å². The Morgan fingerprint density at radius 1 is 1.21 bits per heavy atom. The first-order valence-electron chi connectivity index (χ1n) is 7.94. The van der Waals surface area contributed by atoms with Gasteiger partial charge in [0.1, 0.15) is 4.75 Å². The van der Waals surface area contributed by atoms with E-state index in [9.17, 15) is 4.55 Å². The number of nitrogens with one attached hydrogen (secondary N) is 1. The summed E-state index contributed by atoms with van der Waals surface area (Å²) in [5.74, 6) is 0. The first kappa shape index (κ1) is 17.0. The van der Waals surface area contributed by atoms with Crippen LogP contribution in [0.2, 0.25) is 0 Å². The zero-order chi connectivity index (χ0) is 17.3. The number of fused-ring (bicyclic) bond motifs is 1. The van der Waals surface area contributed by atoms with Gasteiger partial charge in [-0.2, -0.15) is 5.10 Å². The molecule has 1 N–H and O–H groups in total. The molecule has 1 aromatic carbocycles. The molecule has 0 saturated carbocycles. The van der Waals surface area contributed by atoms with E-state index in [1.165, 1.54) is 0 Å². The van der Waals surface area contributed by atoms with Gasteiger partial charge in [0.25, 0.3) is 0 Å². The van der Waals surface area contributed by atoms with Crippen molar-refractivity contribution in [3.63, 3.8) is 0 Å². The molecule has 0 unspecified atom stereocenters. The van der Waals surface area contributed by atoms with Gasteiger partial charge in [0.2, 0.25) is 0 Å². The summed E-state index contributed by atoms with van der Waals surface area (Å²) in [6, 6.07) is 11.9. The van der Waals surface area contributed by atoms with E-state index < -0.39 is 11.4 Å². The fourth-order valence-corrected chi connectivity index (χ4v) is 3.22. The van der Waals surface area contributed by atoms with Crippen molar-refractivity contribution in [2.24, 2.45) is 0 Å². The second kappa shape index (κ2) is 6.55. The minimum atomic E-state index is -1.16. The number of rotatable bonds is 4. The first-order valence-corrected chi connectivity index (χ1v) is 9.09. The highest BCUT2D eigenvalue weighted by atomic mass is 32.2. The van der Waals surface area contributed by atoms with Gasteiger partial charge >= 0.3 is 0 Å². The van der Waals surface area contributed by atoms with Gasteiger partial charge in [0, 0.05) is 34.9 Å². The van der Waals surface area contributed by atoms with Crippen LogP contribution in [0.3, 0.4) is 0 Å². The molecular weight excluding hydrogens is 320 g/mol. The molecule has 2 heterocycles. The highest BCUT2D eigenvalue weighted by Crippen LogP contribution is 2.28. The Labute approximate surface area is 145 Å². The Kier molecular flexibility index (Phi) is 4.62. The molecule has 0 radical (unpaired) electrons. The summed E-state index contributed by atoms with van der Waals surface area (Å²) in [6.45, 7) is 7.87. The lowest BCUT2D eigenvalue weighted by Gasteiger charge is -2.27. The third kappa shape index (κ3) is 3.45. The van der Waals surface area contributed by atoms with Crippen LogP contribution < -0.4 is 4.72 Å². The summed E-state index contributed by atoms with van der Waals surface area (Å²) in [7, 11) is 0. The van der Waals surface area contributed by atoms with Crippen LogP contribution in [0.5, 0.6) is 0 Å². The standard InChI is InChI=1S/C18H22N4OS/c1-13(21-24(23)18(2,3)4)15-12-16-19-10-11-22(16)20-17(15)14-8-6-5-7-9-14/h5-13,21H,1-4H3/t13-,24+/m1/s1. The van der Waals surface area contributed by atoms with Crippen molar-refractivity contribution in [1.82, 2.24) is 19.3 Å². The molecule has 0 bridgehead atoms. The van der Waals surface area contributed by atoms with Gasteiger partial charge in [-0.05, 0) is 33.8 Å². The van der Waals surface area contributed by atoms with Gasteiger partial charge in [0.15, 0.2) is 5.65 Å². The lowest BCUT2D eigenvalue weighted by atomic mass is 10.0. The molecule has 0 amide bonds. The Hall–Kier alpha value is -1.89. The molecule has 0 fully saturated rings. The van der Waals surface area contributed by atoms with Crippen molar-refractivity contribution in [2.45, 2.75) is 38.5 Å². The topological polar surface area (TPSA) is 65.3 Å². The largest absolute Gasteiger partial charge is 0.598 e. The van der Waals surface area contributed by atoms with Crippen LogP contribution in [0.25, 0.3) is 16.9 Å². The van der Waals surface area contributed by atoms with E-state index in [1.807, 2.05) is 70.3 Å². The molecule has 3 aromatic rings. The van der Waals surface area contributed by atoms with Crippen LogP contribution in [-0.2, 0) is 11.4 Å². The second-order valence-electron chi connectivity index (χ2n) is 6.76. The van der Waals surface area contributed by atoms with Crippen LogP contribution in [0.15, 0.2) is 48.8 Å². The Balaban J connectivity index is 2.05. The molecule has 0 spiro atoms. The maximum atomic E-state index is 12.5. The van der Waals surface area contributed by atoms with E-state index in [0.717, 1.165) is 22.5 Å². The summed E-state index contributed by atoms with van der Waals surface area (Å²) in [4.78, 5) is 4.32. The van der Waals surface area contributed by atoms with Crippen LogP contribution >= 0.6 is 0 Å². The van der Waals surface area contributed by atoms with Crippen molar-refractivity contribution in [3.05, 3.63) is 54.4 Å². The normalized spacial score (nSPS) is 14.7. The summed E-state index contributed by atoms with van der Waals surface area (Å²) < 4.78 is 17.1.